The van der Waals surface area contributed by atoms with Gasteiger partial charge in [0.2, 0.25) is 11.4 Å². The Balaban J connectivity index is 1.47. The van der Waals surface area contributed by atoms with Crippen LogP contribution in [-0.4, -0.2) is 0 Å². The van der Waals surface area contributed by atoms with Gasteiger partial charge < -0.3 is 4.90 Å². The summed E-state index contributed by atoms with van der Waals surface area (Å²) in [5, 5.41) is 0. The highest BCUT2D eigenvalue weighted by Gasteiger charge is 2.30. The van der Waals surface area contributed by atoms with Gasteiger partial charge in [0.25, 0.3) is 0 Å². The summed E-state index contributed by atoms with van der Waals surface area (Å²) in [4.78, 5) is 2.51. The van der Waals surface area contributed by atoms with Gasteiger partial charge in [-0.25, -0.2) is 0 Å². The molecule has 2 aliphatic rings. The number of aromatic nitrogens is 2. The lowest BCUT2D eigenvalue weighted by atomic mass is 9.92. The number of rotatable bonds is 3. The molecular weight excluding hydrogens is 438 g/mol. The lowest BCUT2D eigenvalue weighted by molar-refractivity contribution is -0.687. The Morgan fingerprint density at radius 3 is 1.61 bits per heavy atom. The van der Waals surface area contributed by atoms with Gasteiger partial charge in [0.05, 0.1) is 22.5 Å². The largest absolute Gasteiger partial charge is 0.310 e. The third-order valence-corrected chi connectivity index (χ3v) is 7.72. The topological polar surface area (TPSA) is 11.0 Å². The predicted octanol–water partition coefficient (Wildman–Crippen LogP) is 6.49. The summed E-state index contributed by atoms with van der Waals surface area (Å²) in [5.74, 6) is 0. The number of nitrogens with zero attached hydrogens (tertiary/aromatic N) is 3. The summed E-state index contributed by atoms with van der Waals surface area (Å²) >= 11 is 0. The Bertz CT molecular complexity index is 1500. The number of hydrogen-bond acceptors (Lipinski definition) is 1. The SMILES string of the molecule is Cc1ccc(N(c2cccc3c2CC[n+]2ccccc2-3)c2cccc3c2CC[n+]2ccccc2-3)cc1. The molecule has 174 valence electrons. The van der Waals surface area contributed by atoms with Gasteiger partial charge in [-0.2, -0.15) is 9.13 Å². The third kappa shape index (κ3) is 3.35. The highest BCUT2D eigenvalue weighted by Crippen LogP contribution is 2.44. The number of hydrogen-bond donors (Lipinski definition) is 0. The standard InChI is InChI=1S/C33H29N3/c1-24-14-16-25(17-15-24)36(32-12-6-8-26-28(32)18-22-34-20-4-2-10-30(26)34)33-13-7-9-27-29(33)19-23-35-21-5-3-11-31(27)35/h2-17,20-21H,18-19,22-23H2,1H3/q+2. The van der Waals surface area contributed by atoms with Crippen LogP contribution in [0.3, 0.4) is 0 Å². The first-order valence-corrected chi connectivity index (χ1v) is 12.9. The highest BCUT2D eigenvalue weighted by molar-refractivity contribution is 5.86. The molecule has 3 aromatic carbocycles. The minimum atomic E-state index is 0.999. The van der Waals surface area contributed by atoms with Crippen molar-refractivity contribution < 1.29 is 9.13 Å². The Kier molecular flexibility index (Phi) is 4.95. The molecule has 0 saturated carbocycles. The number of fused-ring (bicyclic) bond motifs is 6. The van der Waals surface area contributed by atoms with Crippen molar-refractivity contribution >= 4 is 17.1 Å². The van der Waals surface area contributed by atoms with E-state index in [1.165, 1.54) is 56.3 Å². The van der Waals surface area contributed by atoms with Crippen LogP contribution in [0.25, 0.3) is 22.5 Å². The number of aryl methyl sites for hydroxylation is 3. The number of benzene rings is 3. The fourth-order valence-corrected chi connectivity index (χ4v) is 5.97. The van der Waals surface area contributed by atoms with E-state index >= 15 is 0 Å². The average Bonchev–Trinajstić information content (AvgIpc) is 2.94. The van der Waals surface area contributed by atoms with E-state index in [9.17, 15) is 0 Å². The van der Waals surface area contributed by atoms with E-state index in [1.807, 2.05) is 0 Å². The molecule has 0 fully saturated rings. The zero-order chi connectivity index (χ0) is 24.1. The van der Waals surface area contributed by atoms with Crippen molar-refractivity contribution in [1.29, 1.82) is 0 Å². The maximum Gasteiger partial charge on any atom is 0.212 e. The maximum absolute atomic E-state index is 2.51. The van der Waals surface area contributed by atoms with Crippen LogP contribution in [-0.2, 0) is 25.9 Å². The van der Waals surface area contributed by atoms with Gasteiger partial charge in [0.15, 0.2) is 25.5 Å². The fourth-order valence-electron chi connectivity index (χ4n) is 5.97. The number of anilines is 3. The van der Waals surface area contributed by atoms with Crippen molar-refractivity contribution in [1.82, 2.24) is 0 Å². The minimum absolute atomic E-state index is 0.999. The molecule has 0 saturated heterocycles. The molecule has 0 spiro atoms. The summed E-state index contributed by atoms with van der Waals surface area (Å²) < 4.78 is 4.75. The molecule has 0 aliphatic carbocycles. The average molecular weight is 468 g/mol. The van der Waals surface area contributed by atoms with Crippen LogP contribution in [0, 0.1) is 6.92 Å². The Labute approximate surface area is 212 Å². The summed E-state index contributed by atoms with van der Waals surface area (Å²) in [5.41, 5.74) is 13.2. The van der Waals surface area contributed by atoms with Gasteiger partial charge in [-0.05, 0) is 66.6 Å². The molecule has 2 aromatic heterocycles. The molecule has 36 heavy (non-hydrogen) atoms. The lowest BCUT2D eigenvalue weighted by Gasteiger charge is -2.32. The van der Waals surface area contributed by atoms with Gasteiger partial charge in [-0.3, -0.25) is 0 Å². The monoisotopic (exact) mass is 467 g/mol. The third-order valence-electron chi connectivity index (χ3n) is 7.72. The van der Waals surface area contributed by atoms with E-state index in [2.05, 4.69) is 130 Å². The maximum atomic E-state index is 2.51. The normalized spacial score (nSPS) is 13.2. The van der Waals surface area contributed by atoms with E-state index in [1.54, 1.807) is 0 Å². The van der Waals surface area contributed by atoms with Crippen molar-refractivity contribution in [3.05, 3.63) is 126 Å². The molecule has 2 aliphatic heterocycles. The summed E-state index contributed by atoms with van der Waals surface area (Å²) in [6.07, 6.45) is 6.43. The quantitative estimate of drug-likeness (QED) is 0.276. The molecule has 0 N–H and O–H groups in total. The molecule has 0 amide bonds. The molecule has 0 bridgehead atoms. The Hall–Kier alpha value is -4.24. The molecule has 3 heteroatoms. The van der Waals surface area contributed by atoms with E-state index < -0.39 is 0 Å². The van der Waals surface area contributed by atoms with Gasteiger partial charge in [-0.1, -0.05) is 29.8 Å². The molecule has 7 rings (SSSR count). The molecular formula is C33H29N3+2. The Morgan fingerprint density at radius 2 is 1.08 bits per heavy atom. The van der Waals surface area contributed by atoms with Gasteiger partial charge in [0.1, 0.15) is 0 Å². The van der Waals surface area contributed by atoms with Crippen LogP contribution in [0.5, 0.6) is 0 Å². The summed E-state index contributed by atoms with van der Waals surface area (Å²) in [7, 11) is 0. The van der Waals surface area contributed by atoms with Crippen molar-refractivity contribution in [2.45, 2.75) is 32.9 Å². The first kappa shape index (κ1) is 21.1. The van der Waals surface area contributed by atoms with Crippen LogP contribution >= 0.6 is 0 Å². The van der Waals surface area contributed by atoms with E-state index in [0.717, 1.165) is 25.9 Å². The second kappa shape index (κ2) is 8.46. The van der Waals surface area contributed by atoms with E-state index in [-0.39, 0.29) is 0 Å². The molecule has 4 heterocycles. The molecule has 0 radical (unpaired) electrons. The number of pyridine rings is 2. The van der Waals surface area contributed by atoms with Crippen molar-refractivity contribution in [2.24, 2.45) is 0 Å². The first-order valence-electron chi connectivity index (χ1n) is 12.9. The summed E-state index contributed by atoms with van der Waals surface area (Å²) in [6.45, 7) is 4.16. The highest BCUT2D eigenvalue weighted by atomic mass is 15.2. The minimum Gasteiger partial charge on any atom is -0.310 e. The zero-order valence-electron chi connectivity index (χ0n) is 20.6. The van der Waals surface area contributed by atoms with Crippen molar-refractivity contribution in [3.63, 3.8) is 0 Å². The fraction of sp³-hybridized carbons (Fsp3) is 0.152. The molecule has 3 nitrogen and oxygen atoms in total. The smallest absolute Gasteiger partial charge is 0.212 e. The zero-order valence-corrected chi connectivity index (χ0v) is 20.6. The van der Waals surface area contributed by atoms with Gasteiger partial charge in [0, 0.05) is 42.8 Å². The molecule has 5 aromatic rings. The van der Waals surface area contributed by atoms with Gasteiger partial charge >= 0.3 is 0 Å². The predicted molar refractivity (Wildman–Crippen MR) is 145 cm³/mol. The van der Waals surface area contributed by atoms with Crippen LogP contribution in [0.15, 0.2) is 109 Å². The van der Waals surface area contributed by atoms with E-state index in [0.29, 0.717) is 0 Å². The second-order valence-corrected chi connectivity index (χ2v) is 9.84. The second-order valence-electron chi connectivity index (χ2n) is 9.84. The first-order chi connectivity index (χ1) is 17.8. The Morgan fingerprint density at radius 1 is 0.556 bits per heavy atom. The van der Waals surface area contributed by atoms with Crippen LogP contribution < -0.4 is 14.0 Å². The van der Waals surface area contributed by atoms with Crippen LogP contribution in [0.4, 0.5) is 17.1 Å². The molecule has 0 unspecified atom stereocenters. The van der Waals surface area contributed by atoms with E-state index in [4.69, 9.17) is 0 Å². The molecule has 0 atom stereocenters. The van der Waals surface area contributed by atoms with Crippen molar-refractivity contribution in [3.8, 4) is 22.5 Å². The van der Waals surface area contributed by atoms with Crippen LogP contribution in [0.1, 0.15) is 16.7 Å². The van der Waals surface area contributed by atoms with Gasteiger partial charge in [-0.15, -0.1) is 0 Å². The lowest BCUT2D eigenvalue weighted by Crippen LogP contribution is -2.40. The van der Waals surface area contributed by atoms with Crippen molar-refractivity contribution in [2.75, 3.05) is 4.90 Å². The van der Waals surface area contributed by atoms with Crippen LogP contribution in [0.2, 0.25) is 0 Å². The summed E-state index contributed by atoms with van der Waals surface area (Å²) in [6, 6.07) is 35.7.